The van der Waals surface area contributed by atoms with Gasteiger partial charge in [0.05, 0.1) is 6.20 Å². The van der Waals surface area contributed by atoms with Crippen LogP contribution in [-0.2, 0) is 18.4 Å². The minimum Gasteiger partial charge on any atom is -0.484 e. The molecule has 27 heavy (non-hydrogen) atoms. The van der Waals surface area contributed by atoms with Gasteiger partial charge in [-0.25, -0.2) is 0 Å². The molecule has 140 valence electrons. The third-order valence-electron chi connectivity index (χ3n) is 4.97. The van der Waals surface area contributed by atoms with Crippen molar-refractivity contribution in [3.05, 3.63) is 60.4 Å². The predicted molar refractivity (Wildman–Crippen MR) is 105 cm³/mol. The minimum atomic E-state index is 0.0455. The number of rotatable bonds is 5. The smallest absolute Gasteiger partial charge is 0.260 e. The van der Waals surface area contributed by atoms with E-state index in [4.69, 9.17) is 4.74 Å². The lowest BCUT2D eigenvalue weighted by Crippen LogP contribution is -2.49. The van der Waals surface area contributed by atoms with Gasteiger partial charge in [-0.3, -0.25) is 14.4 Å². The minimum absolute atomic E-state index is 0.0455. The molecule has 1 amide bonds. The Hall–Kier alpha value is -2.86. The predicted octanol–water partition coefficient (Wildman–Crippen LogP) is 2.30. The van der Waals surface area contributed by atoms with E-state index >= 15 is 0 Å². The Morgan fingerprint density at radius 2 is 1.85 bits per heavy atom. The zero-order valence-corrected chi connectivity index (χ0v) is 15.5. The van der Waals surface area contributed by atoms with Gasteiger partial charge in [-0.1, -0.05) is 30.3 Å². The highest BCUT2D eigenvalue weighted by molar-refractivity contribution is 5.84. The van der Waals surface area contributed by atoms with Gasteiger partial charge in [0.25, 0.3) is 5.91 Å². The van der Waals surface area contributed by atoms with E-state index in [1.165, 1.54) is 10.9 Å². The molecule has 0 N–H and O–H groups in total. The second-order valence-electron chi connectivity index (χ2n) is 6.98. The van der Waals surface area contributed by atoms with Crippen molar-refractivity contribution in [1.82, 2.24) is 19.6 Å². The van der Waals surface area contributed by atoms with Crippen LogP contribution in [0.4, 0.5) is 0 Å². The molecule has 3 aromatic rings. The molecule has 2 heterocycles. The van der Waals surface area contributed by atoms with Crippen molar-refractivity contribution in [2.24, 2.45) is 7.05 Å². The summed E-state index contributed by atoms with van der Waals surface area (Å²) >= 11 is 0. The summed E-state index contributed by atoms with van der Waals surface area (Å²) in [6.07, 6.45) is 3.93. The van der Waals surface area contributed by atoms with Crippen molar-refractivity contribution >= 4 is 16.7 Å². The van der Waals surface area contributed by atoms with E-state index in [2.05, 4.69) is 16.1 Å². The van der Waals surface area contributed by atoms with Crippen LogP contribution in [-0.4, -0.2) is 58.3 Å². The number of fused-ring (bicyclic) bond motifs is 1. The Kier molecular flexibility index (Phi) is 5.07. The summed E-state index contributed by atoms with van der Waals surface area (Å²) in [5.41, 5.74) is 1.21. The Morgan fingerprint density at radius 3 is 2.59 bits per heavy atom. The zero-order chi connectivity index (χ0) is 18.6. The molecule has 1 aliphatic rings. The fraction of sp³-hybridized carbons (Fsp3) is 0.333. The first-order valence-corrected chi connectivity index (χ1v) is 9.27. The van der Waals surface area contributed by atoms with Gasteiger partial charge in [-0.15, -0.1) is 0 Å². The highest BCUT2D eigenvalue weighted by atomic mass is 16.5. The molecule has 0 radical (unpaired) electrons. The molecule has 0 bridgehead atoms. The standard InChI is InChI=1S/C21H24N4O2/c1-23-14-17(13-22-23)15-24-8-10-25(11-9-24)21(26)16-27-20-7-6-18-4-2-3-5-19(18)12-20/h2-7,12-14H,8-11,15-16H2,1H3. The van der Waals surface area contributed by atoms with Gasteiger partial charge in [0, 0.05) is 51.5 Å². The fourth-order valence-electron chi connectivity index (χ4n) is 3.46. The molecule has 0 atom stereocenters. The molecule has 1 saturated heterocycles. The number of hydrogen-bond donors (Lipinski definition) is 0. The fourth-order valence-corrected chi connectivity index (χ4v) is 3.46. The van der Waals surface area contributed by atoms with Crippen LogP contribution in [0.1, 0.15) is 5.56 Å². The van der Waals surface area contributed by atoms with Crippen molar-refractivity contribution in [2.45, 2.75) is 6.54 Å². The number of hydrogen-bond acceptors (Lipinski definition) is 4. The van der Waals surface area contributed by atoms with Crippen LogP contribution in [0.2, 0.25) is 0 Å². The van der Waals surface area contributed by atoms with E-state index in [-0.39, 0.29) is 12.5 Å². The number of benzene rings is 2. The molecule has 0 saturated carbocycles. The monoisotopic (exact) mass is 364 g/mol. The number of piperazine rings is 1. The molecule has 1 aliphatic heterocycles. The van der Waals surface area contributed by atoms with Crippen molar-refractivity contribution in [1.29, 1.82) is 0 Å². The number of amides is 1. The van der Waals surface area contributed by atoms with Gasteiger partial charge < -0.3 is 9.64 Å². The van der Waals surface area contributed by atoms with E-state index in [1.54, 1.807) is 0 Å². The number of ether oxygens (including phenoxy) is 1. The van der Waals surface area contributed by atoms with Crippen LogP contribution in [0.25, 0.3) is 10.8 Å². The van der Waals surface area contributed by atoms with Crippen LogP contribution in [0.3, 0.4) is 0 Å². The van der Waals surface area contributed by atoms with Crippen LogP contribution >= 0.6 is 0 Å². The van der Waals surface area contributed by atoms with E-state index in [0.29, 0.717) is 0 Å². The molecule has 1 aromatic heterocycles. The Balaban J connectivity index is 1.26. The highest BCUT2D eigenvalue weighted by Gasteiger charge is 2.21. The summed E-state index contributed by atoms with van der Waals surface area (Å²) < 4.78 is 7.56. The van der Waals surface area contributed by atoms with E-state index in [1.807, 2.05) is 65.4 Å². The first kappa shape index (κ1) is 17.5. The van der Waals surface area contributed by atoms with Crippen molar-refractivity contribution in [2.75, 3.05) is 32.8 Å². The molecular weight excluding hydrogens is 340 g/mol. The topological polar surface area (TPSA) is 50.6 Å². The van der Waals surface area contributed by atoms with Gasteiger partial charge in [0.1, 0.15) is 5.75 Å². The SMILES string of the molecule is Cn1cc(CN2CCN(C(=O)COc3ccc4ccccc4c3)CC2)cn1. The molecule has 2 aromatic carbocycles. The van der Waals surface area contributed by atoms with Gasteiger partial charge in [0.15, 0.2) is 6.61 Å². The highest BCUT2D eigenvalue weighted by Crippen LogP contribution is 2.20. The molecule has 0 unspecified atom stereocenters. The van der Waals surface area contributed by atoms with Crippen LogP contribution in [0.15, 0.2) is 54.9 Å². The second-order valence-corrected chi connectivity index (χ2v) is 6.98. The van der Waals surface area contributed by atoms with E-state index < -0.39 is 0 Å². The lowest BCUT2D eigenvalue weighted by Gasteiger charge is -2.34. The summed E-state index contributed by atoms with van der Waals surface area (Å²) in [6.45, 7) is 4.18. The second kappa shape index (κ2) is 7.80. The number of carbonyl (C=O) groups is 1. The van der Waals surface area contributed by atoms with Crippen LogP contribution in [0, 0.1) is 0 Å². The third kappa shape index (κ3) is 4.28. The van der Waals surface area contributed by atoms with Crippen LogP contribution in [0.5, 0.6) is 5.75 Å². The molecule has 6 nitrogen and oxygen atoms in total. The maximum absolute atomic E-state index is 12.5. The summed E-state index contributed by atoms with van der Waals surface area (Å²) in [7, 11) is 1.93. The lowest BCUT2D eigenvalue weighted by atomic mass is 10.1. The normalized spacial score (nSPS) is 15.2. The molecule has 0 spiro atoms. The maximum Gasteiger partial charge on any atom is 0.260 e. The van der Waals surface area contributed by atoms with Crippen molar-refractivity contribution in [3.63, 3.8) is 0 Å². The quantitative estimate of drug-likeness (QED) is 0.697. The van der Waals surface area contributed by atoms with E-state index in [9.17, 15) is 4.79 Å². The molecular formula is C21H24N4O2. The summed E-state index contributed by atoms with van der Waals surface area (Å²) in [5.74, 6) is 0.779. The molecule has 6 heteroatoms. The summed E-state index contributed by atoms with van der Waals surface area (Å²) in [5, 5.41) is 6.49. The first-order valence-electron chi connectivity index (χ1n) is 9.27. The van der Waals surface area contributed by atoms with Gasteiger partial charge in [-0.05, 0) is 22.9 Å². The number of aryl methyl sites for hydroxylation is 1. The Bertz CT molecular complexity index is 929. The maximum atomic E-state index is 12.5. The van der Waals surface area contributed by atoms with Gasteiger partial charge in [0.2, 0.25) is 0 Å². The van der Waals surface area contributed by atoms with Gasteiger partial charge in [-0.2, -0.15) is 5.10 Å². The zero-order valence-electron chi connectivity index (χ0n) is 15.5. The molecule has 0 aliphatic carbocycles. The Morgan fingerprint density at radius 1 is 1.07 bits per heavy atom. The first-order chi connectivity index (χ1) is 13.2. The molecule has 1 fully saturated rings. The average molecular weight is 364 g/mol. The summed E-state index contributed by atoms with van der Waals surface area (Å²) in [6, 6.07) is 14.0. The Labute approximate surface area is 158 Å². The van der Waals surface area contributed by atoms with Crippen LogP contribution < -0.4 is 4.74 Å². The van der Waals surface area contributed by atoms with Crippen molar-refractivity contribution in [3.8, 4) is 5.75 Å². The van der Waals surface area contributed by atoms with Gasteiger partial charge >= 0.3 is 0 Å². The van der Waals surface area contributed by atoms with Crippen molar-refractivity contribution < 1.29 is 9.53 Å². The number of nitrogens with zero attached hydrogens (tertiary/aromatic N) is 4. The molecule has 4 rings (SSSR count). The van der Waals surface area contributed by atoms with E-state index in [0.717, 1.165) is 43.9 Å². The summed E-state index contributed by atoms with van der Waals surface area (Å²) in [4.78, 5) is 16.7. The third-order valence-corrected chi connectivity index (χ3v) is 4.97. The lowest BCUT2D eigenvalue weighted by molar-refractivity contribution is -0.135. The largest absolute Gasteiger partial charge is 0.484 e. The average Bonchev–Trinajstić information content (AvgIpc) is 3.11. The number of carbonyl (C=O) groups excluding carboxylic acids is 1. The number of aromatic nitrogens is 2.